The number of halogens is 6. The van der Waals surface area contributed by atoms with Crippen LogP contribution in [0.3, 0.4) is 0 Å². The standard InChI is InChI=1S/C8H10F6O2/c1-6(2)15-3-4(16-6)7(10,11)5(9)8(12,13)14/h4-5H,3H2,1-2H3. The molecule has 0 aliphatic carbocycles. The fraction of sp³-hybridized carbons (Fsp3) is 1.00. The Kier molecular flexibility index (Phi) is 3.19. The van der Waals surface area contributed by atoms with E-state index in [1.54, 1.807) is 0 Å². The maximum absolute atomic E-state index is 13.1. The van der Waals surface area contributed by atoms with Crippen LogP contribution >= 0.6 is 0 Å². The average Bonchev–Trinajstić information content (AvgIpc) is 2.43. The van der Waals surface area contributed by atoms with Gasteiger partial charge in [-0.3, -0.25) is 0 Å². The Hall–Kier alpha value is -0.500. The van der Waals surface area contributed by atoms with Crippen molar-refractivity contribution >= 4 is 0 Å². The van der Waals surface area contributed by atoms with Crippen LogP contribution in [0.15, 0.2) is 0 Å². The average molecular weight is 252 g/mol. The van der Waals surface area contributed by atoms with Crippen LogP contribution in [0.1, 0.15) is 13.8 Å². The normalized spacial score (nSPS) is 28.1. The molecule has 2 unspecified atom stereocenters. The molecule has 0 amide bonds. The van der Waals surface area contributed by atoms with Gasteiger partial charge in [0, 0.05) is 0 Å². The summed E-state index contributed by atoms with van der Waals surface area (Å²) in [6, 6.07) is 0. The first kappa shape index (κ1) is 13.6. The molecular weight excluding hydrogens is 242 g/mol. The minimum absolute atomic E-state index is 0.781. The van der Waals surface area contributed by atoms with Crippen molar-refractivity contribution in [1.82, 2.24) is 0 Å². The van der Waals surface area contributed by atoms with E-state index in [0.717, 1.165) is 0 Å². The summed E-state index contributed by atoms with van der Waals surface area (Å²) in [6.45, 7) is 1.73. The Morgan fingerprint density at radius 3 is 2.00 bits per heavy atom. The van der Waals surface area contributed by atoms with Gasteiger partial charge in [-0.15, -0.1) is 0 Å². The zero-order valence-electron chi connectivity index (χ0n) is 8.45. The van der Waals surface area contributed by atoms with Gasteiger partial charge in [-0.05, 0) is 13.8 Å². The van der Waals surface area contributed by atoms with Gasteiger partial charge in [-0.25, -0.2) is 4.39 Å². The number of alkyl halides is 6. The lowest BCUT2D eigenvalue weighted by Gasteiger charge is -2.27. The molecule has 0 aromatic rings. The molecular formula is C8H10F6O2. The highest BCUT2D eigenvalue weighted by Gasteiger charge is 2.63. The Morgan fingerprint density at radius 2 is 1.69 bits per heavy atom. The highest BCUT2D eigenvalue weighted by molar-refractivity contribution is 4.92. The summed E-state index contributed by atoms with van der Waals surface area (Å²) < 4.78 is 83.4. The molecule has 16 heavy (non-hydrogen) atoms. The SMILES string of the molecule is CC1(C)OCC(C(F)(F)C(F)C(F)(F)F)O1. The van der Waals surface area contributed by atoms with Crippen LogP contribution in [0.2, 0.25) is 0 Å². The van der Waals surface area contributed by atoms with Gasteiger partial charge in [0.05, 0.1) is 6.61 Å². The molecule has 1 saturated heterocycles. The molecule has 2 nitrogen and oxygen atoms in total. The molecule has 96 valence electrons. The summed E-state index contributed by atoms with van der Waals surface area (Å²) in [6.07, 6.45) is -12.1. The van der Waals surface area contributed by atoms with Crippen molar-refractivity contribution in [1.29, 1.82) is 0 Å². The van der Waals surface area contributed by atoms with Crippen molar-refractivity contribution in [2.45, 2.75) is 44.0 Å². The Balaban J connectivity index is 2.79. The molecule has 0 N–H and O–H groups in total. The smallest absolute Gasteiger partial charge is 0.348 e. The maximum atomic E-state index is 13.1. The van der Waals surface area contributed by atoms with Crippen molar-refractivity contribution in [3.63, 3.8) is 0 Å². The molecule has 1 aliphatic rings. The lowest BCUT2D eigenvalue weighted by molar-refractivity contribution is -0.275. The van der Waals surface area contributed by atoms with Gasteiger partial charge >= 0.3 is 12.1 Å². The largest absolute Gasteiger partial charge is 0.425 e. The van der Waals surface area contributed by atoms with Gasteiger partial charge in [-0.1, -0.05) is 0 Å². The van der Waals surface area contributed by atoms with Crippen LogP contribution in [-0.4, -0.2) is 36.8 Å². The predicted molar refractivity (Wildman–Crippen MR) is 40.8 cm³/mol. The molecule has 1 aliphatic heterocycles. The third kappa shape index (κ3) is 2.60. The van der Waals surface area contributed by atoms with E-state index in [1.807, 2.05) is 0 Å². The van der Waals surface area contributed by atoms with Gasteiger partial charge in [0.15, 0.2) is 11.9 Å². The predicted octanol–water partition coefficient (Wildman–Crippen LogP) is 2.67. The number of ether oxygens (including phenoxy) is 2. The summed E-state index contributed by atoms with van der Waals surface area (Å²) in [7, 11) is 0. The number of hydrogen-bond donors (Lipinski definition) is 0. The summed E-state index contributed by atoms with van der Waals surface area (Å²) >= 11 is 0. The summed E-state index contributed by atoms with van der Waals surface area (Å²) in [5.41, 5.74) is 0. The van der Waals surface area contributed by atoms with Gasteiger partial charge in [0.1, 0.15) is 0 Å². The van der Waals surface area contributed by atoms with Crippen LogP contribution in [0, 0.1) is 0 Å². The number of rotatable bonds is 2. The van der Waals surface area contributed by atoms with Crippen molar-refractivity contribution in [2.24, 2.45) is 0 Å². The molecule has 1 rings (SSSR count). The van der Waals surface area contributed by atoms with E-state index in [2.05, 4.69) is 9.47 Å². The van der Waals surface area contributed by atoms with Gasteiger partial charge in [0.2, 0.25) is 0 Å². The van der Waals surface area contributed by atoms with E-state index in [0.29, 0.717) is 0 Å². The maximum Gasteiger partial charge on any atom is 0.425 e. The van der Waals surface area contributed by atoms with Crippen LogP contribution in [-0.2, 0) is 9.47 Å². The third-order valence-corrected chi connectivity index (χ3v) is 2.06. The van der Waals surface area contributed by atoms with E-state index >= 15 is 0 Å². The Morgan fingerprint density at radius 1 is 1.19 bits per heavy atom. The number of hydrogen-bond acceptors (Lipinski definition) is 2. The fourth-order valence-corrected chi connectivity index (χ4v) is 1.26. The minimum atomic E-state index is -5.63. The molecule has 0 aromatic carbocycles. The van der Waals surface area contributed by atoms with E-state index in [4.69, 9.17) is 0 Å². The molecule has 0 aromatic heterocycles. The topological polar surface area (TPSA) is 18.5 Å². The Bertz CT molecular complexity index is 262. The third-order valence-electron chi connectivity index (χ3n) is 2.06. The van der Waals surface area contributed by atoms with Gasteiger partial charge in [0.25, 0.3) is 6.17 Å². The summed E-state index contributed by atoms with van der Waals surface area (Å²) in [5, 5.41) is 0. The summed E-state index contributed by atoms with van der Waals surface area (Å²) in [5.74, 6) is -6.09. The molecule has 1 heterocycles. The lowest BCUT2D eigenvalue weighted by Crippen LogP contribution is -2.50. The molecule has 0 bridgehead atoms. The monoisotopic (exact) mass is 252 g/mol. The quantitative estimate of drug-likeness (QED) is 0.703. The van der Waals surface area contributed by atoms with E-state index in [1.165, 1.54) is 13.8 Å². The lowest BCUT2D eigenvalue weighted by atomic mass is 10.1. The minimum Gasteiger partial charge on any atom is -0.348 e. The zero-order valence-corrected chi connectivity index (χ0v) is 8.45. The highest BCUT2D eigenvalue weighted by atomic mass is 19.4. The van der Waals surface area contributed by atoms with Crippen LogP contribution < -0.4 is 0 Å². The second kappa shape index (κ2) is 3.76. The molecule has 2 atom stereocenters. The van der Waals surface area contributed by atoms with Crippen LogP contribution in [0.4, 0.5) is 26.3 Å². The van der Waals surface area contributed by atoms with E-state index in [-0.39, 0.29) is 0 Å². The Labute approximate surface area is 87.5 Å². The second-order valence-electron chi connectivity index (χ2n) is 3.90. The highest BCUT2D eigenvalue weighted by Crippen LogP contribution is 2.41. The van der Waals surface area contributed by atoms with Crippen LogP contribution in [0.5, 0.6) is 0 Å². The van der Waals surface area contributed by atoms with Gasteiger partial charge in [-0.2, -0.15) is 22.0 Å². The molecule has 0 saturated carbocycles. The van der Waals surface area contributed by atoms with E-state index in [9.17, 15) is 26.3 Å². The van der Waals surface area contributed by atoms with Crippen molar-refractivity contribution in [2.75, 3.05) is 6.61 Å². The molecule has 8 heteroatoms. The first-order valence-electron chi connectivity index (χ1n) is 4.37. The molecule has 0 radical (unpaired) electrons. The summed E-state index contributed by atoms with van der Waals surface area (Å²) in [4.78, 5) is 0. The van der Waals surface area contributed by atoms with E-state index < -0.39 is 36.8 Å². The first-order valence-corrected chi connectivity index (χ1v) is 4.37. The molecule has 0 spiro atoms. The van der Waals surface area contributed by atoms with Crippen molar-refractivity contribution < 1.29 is 35.8 Å². The fourth-order valence-electron chi connectivity index (χ4n) is 1.26. The van der Waals surface area contributed by atoms with Crippen LogP contribution in [0.25, 0.3) is 0 Å². The first-order chi connectivity index (χ1) is 6.97. The van der Waals surface area contributed by atoms with Crippen molar-refractivity contribution in [3.8, 4) is 0 Å². The second-order valence-corrected chi connectivity index (χ2v) is 3.90. The van der Waals surface area contributed by atoms with Gasteiger partial charge < -0.3 is 9.47 Å². The van der Waals surface area contributed by atoms with Crippen molar-refractivity contribution in [3.05, 3.63) is 0 Å². The zero-order chi connectivity index (χ0) is 12.8. The molecule has 1 fully saturated rings.